The molecule has 108 valence electrons. The van der Waals surface area contributed by atoms with Gasteiger partial charge in [0.05, 0.1) is 35.7 Å². The molecular weight excluding hydrogens is 282 g/mol. The highest BCUT2D eigenvalue weighted by atomic mass is 16.6. The molecule has 6 nitrogen and oxygen atoms in total. The van der Waals surface area contributed by atoms with Crippen LogP contribution in [0.4, 0.5) is 5.69 Å². The summed E-state index contributed by atoms with van der Waals surface area (Å²) in [5.41, 5.74) is 1.32. The van der Waals surface area contributed by atoms with Crippen molar-refractivity contribution in [1.29, 1.82) is 10.5 Å². The lowest BCUT2D eigenvalue weighted by Crippen LogP contribution is -2.02. The average molecular weight is 293 g/mol. The minimum absolute atomic E-state index is 0.0807. The predicted octanol–water partition coefficient (Wildman–Crippen LogP) is 3.13. The van der Waals surface area contributed by atoms with E-state index in [1.165, 1.54) is 25.3 Å². The Morgan fingerprint density at radius 2 is 1.95 bits per heavy atom. The first-order chi connectivity index (χ1) is 10.6. The summed E-state index contributed by atoms with van der Waals surface area (Å²) in [6, 6.07) is 15.2. The summed E-state index contributed by atoms with van der Waals surface area (Å²) in [4.78, 5) is 10.4. The zero-order chi connectivity index (χ0) is 16.1. The first-order valence-electron chi connectivity index (χ1n) is 6.33. The van der Waals surface area contributed by atoms with Gasteiger partial charge in [0.15, 0.2) is 5.75 Å². The fourth-order valence-corrected chi connectivity index (χ4v) is 2.20. The number of benzene rings is 2. The predicted molar refractivity (Wildman–Crippen MR) is 78.3 cm³/mol. The van der Waals surface area contributed by atoms with Crippen LogP contribution < -0.4 is 4.74 Å². The van der Waals surface area contributed by atoms with Gasteiger partial charge in [-0.2, -0.15) is 10.5 Å². The van der Waals surface area contributed by atoms with Crippen molar-refractivity contribution in [1.82, 2.24) is 0 Å². The Hall–Kier alpha value is -3.38. The molecule has 2 aromatic carbocycles. The number of nitro benzene ring substituents is 1. The zero-order valence-electron chi connectivity index (χ0n) is 11.7. The monoisotopic (exact) mass is 293 g/mol. The molecular formula is C16H11N3O3. The Labute approximate surface area is 126 Å². The summed E-state index contributed by atoms with van der Waals surface area (Å²) in [6.45, 7) is 0. The van der Waals surface area contributed by atoms with Crippen LogP contribution in [0.1, 0.15) is 22.6 Å². The Morgan fingerprint density at radius 3 is 2.55 bits per heavy atom. The van der Waals surface area contributed by atoms with E-state index in [-0.39, 0.29) is 11.4 Å². The molecule has 0 heterocycles. The first-order valence-corrected chi connectivity index (χ1v) is 6.33. The molecule has 0 bridgehead atoms. The largest absolute Gasteiger partial charge is 0.490 e. The van der Waals surface area contributed by atoms with E-state index in [2.05, 4.69) is 6.07 Å². The molecule has 0 radical (unpaired) electrons. The van der Waals surface area contributed by atoms with Crippen molar-refractivity contribution in [2.75, 3.05) is 7.11 Å². The van der Waals surface area contributed by atoms with Crippen molar-refractivity contribution in [2.24, 2.45) is 0 Å². The molecule has 2 rings (SSSR count). The van der Waals surface area contributed by atoms with Crippen LogP contribution in [0.2, 0.25) is 0 Å². The summed E-state index contributed by atoms with van der Waals surface area (Å²) >= 11 is 0. The van der Waals surface area contributed by atoms with Gasteiger partial charge in [-0.05, 0) is 23.3 Å². The van der Waals surface area contributed by atoms with Crippen LogP contribution in [0, 0.1) is 32.8 Å². The van der Waals surface area contributed by atoms with E-state index in [0.717, 1.165) is 0 Å². The molecule has 2 aromatic rings. The summed E-state index contributed by atoms with van der Waals surface area (Å²) in [7, 11) is 1.33. The van der Waals surface area contributed by atoms with E-state index in [9.17, 15) is 15.4 Å². The Bertz CT molecular complexity index is 803. The number of rotatable bonds is 4. The van der Waals surface area contributed by atoms with Crippen LogP contribution in [-0.4, -0.2) is 12.0 Å². The standard InChI is InChI=1S/C16H11N3O3/c1-22-16-8-11(6-7-15(16)19(20)21)14(10-18)13-5-3-2-4-12(13)9-17/h2-8,14H,1H3/t14-/m0/s1. The lowest BCUT2D eigenvalue weighted by atomic mass is 9.89. The minimum atomic E-state index is -0.703. The third-order valence-electron chi connectivity index (χ3n) is 3.26. The summed E-state index contributed by atoms with van der Waals surface area (Å²) in [5, 5.41) is 29.5. The average Bonchev–Trinajstić information content (AvgIpc) is 2.55. The van der Waals surface area contributed by atoms with E-state index in [0.29, 0.717) is 16.7 Å². The van der Waals surface area contributed by atoms with E-state index in [1.54, 1.807) is 24.3 Å². The normalized spacial score (nSPS) is 11.0. The fourth-order valence-electron chi connectivity index (χ4n) is 2.20. The first kappa shape index (κ1) is 15.0. The molecule has 0 N–H and O–H groups in total. The second kappa shape index (κ2) is 6.38. The molecule has 0 fully saturated rings. The van der Waals surface area contributed by atoms with E-state index < -0.39 is 10.8 Å². The Morgan fingerprint density at radius 1 is 1.23 bits per heavy atom. The highest BCUT2D eigenvalue weighted by Gasteiger charge is 2.21. The van der Waals surface area contributed by atoms with Crippen LogP contribution in [0.5, 0.6) is 5.75 Å². The lowest BCUT2D eigenvalue weighted by Gasteiger charge is -2.12. The molecule has 0 aliphatic carbocycles. The quantitative estimate of drug-likeness (QED) is 0.636. The van der Waals surface area contributed by atoms with Crippen LogP contribution in [0.15, 0.2) is 42.5 Å². The van der Waals surface area contributed by atoms with Crippen LogP contribution in [0.25, 0.3) is 0 Å². The second-order valence-corrected chi connectivity index (χ2v) is 4.45. The molecule has 1 atom stereocenters. The molecule has 6 heteroatoms. The molecule has 22 heavy (non-hydrogen) atoms. The van der Waals surface area contributed by atoms with E-state index in [4.69, 9.17) is 10.00 Å². The maximum atomic E-state index is 10.9. The zero-order valence-corrected chi connectivity index (χ0v) is 11.7. The molecule has 0 aromatic heterocycles. The number of methoxy groups -OCH3 is 1. The van der Waals surface area contributed by atoms with Crippen molar-refractivity contribution < 1.29 is 9.66 Å². The maximum Gasteiger partial charge on any atom is 0.310 e. The Balaban J connectivity index is 2.56. The highest BCUT2D eigenvalue weighted by molar-refractivity contribution is 5.54. The van der Waals surface area contributed by atoms with Gasteiger partial charge in [0, 0.05) is 6.07 Å². The molecule has 0 unspecified atom stereocenters. The van der Waals surface area contributed by atoms with Gasteiger partial charge in [0.2, 0.25) is 0 Å². The topological polar surface area (TPSA) is 99.9 Å². The third kappa shape index (κ3) is 2.72. The van der Waals surface area contributed by atoms with E-state index in [1.807, 2.05) is 6.07 Å². The summed E-state index contributed by atoms with van der Waals surface area (Å²) in [5.74, 6) is -0.622. The maximum absolute atomic E-state index is 10.9. The van der Waals surface area contributed by atoms with Gasteiger partial charge < -0.3 is 4.74 Å². The van der Waals surface area contributed by atoms with Crippen molar-refractivity contribution in [2.45, 2.75) is 5.92 Å². The third-order valence-corrected chi connectivity index (χ3v) is 3.26. The second-order valence-electron chi connectivity index (χ2n) is 4.45. The number of nitriles is 2. The fraction of sp³-hybridized carbons (Fsp3) is 0.125. The molecule has 0 amide bonds. The smallest absolute Gasteiger partial charge is 0.310 e. The molecule has 0 spiro atoms. The molecule has 0 saturated carbocycles. The van der Waals surface area contributed by atoms with Crippen molar-refractivity contribution in [3.05, 3.63) is 69.3 Å². The number of hydrogen-bond donors (Lipinski definition) is 0. The highest BCUT2D eigenvalue weighted by Crippen LogP contribution is 2.33. The number of nitro groups is 1. The van der Waals surface area contributed by atoms with Crippen LogP contribution in [-0.2, 0) is 0 Å². The van der Waals surface area contributed by atoms with Gasteiger partial charge in [0.1, 0.15) is 0 Å². The van der Waals surface area contributed by atoms with Gasteiger partial charge in [-0.25, -0.2) is 0 Å². The van der Waals surface area contributed by atoms with Gasteiger partial charge in [0.25, 0.3) is 0 Å². The number of ether oxygens (including phenoxy) is 1. The van der Waals surface area contributed by atoms with Gasteiger partial charge in [-0.3, -0.25) is 10.1 Å². The Kier molecular flexibility index (Phi) is 4.36. The molecule has 0 aliphatic rings. The van der Waals surface area contributed by atoms with Gasteiger partial charge in [-0.1, -0.05) is 24.3 Å². The van der Waals surface area contributed by atoms with Crippen LogP contribution >= 0.6 is 0 Å². The van der Waals surface area contributed by atoms with Crippen LogP contribution in [0.3, 0.4) is 0 Å². The number of hydrogen-bond acceptors (Lipinski definition) is 5. The van der Waals surface area contributed by atoms with Crippen molar-refractivity contribution >= 4 is 5.69 Å². The molecule has 0 saturated heterocycles. The van der Waals surface area contributed by atoms with Crippen molar-refractivity contribution in [3.8, 4) is 17.9 Å². The summed E-state index contributed by atoms with van der Waals surface area (Å²) in [6.07, 6.45) is 0. The van der Waals surface area contributed by atoms with Gasteiger partial charge in [-0.15, -0.1) is 0 Å². The van der Waals surface area contributed by atoms with Crippen molar-refractivity contribution in [3.63, 3.8) is 0 Å². The number of nitrogens with zero attached hydrogens (tertiary/aromatic N) is 3. The van der Waals surface area contributed by atoms with Gasteiger partial charge >= 0.3 is 5.69 Å². The molecule has 0 aliphatic heterocycles. The summed E-state index contributed by atoms with van der Waals surface area (Å²) < 4.78 is 5.02. The SMILES string of the molecule is COc1cc([C@H](C#N)c2ccccc2C#N)ccc1[N+](=O)[O-]. The lowest BCUT2D eigenvalue weighted by molar-refractivity contribution is -0.385. The van der Waals surface area contributed by atoms with E-state index >= 15 is 0 Å². The minimum Gasteiger partial charge on any atom is -0.490 e.